The van der Waals surface area contributed by atoms with Gasteiger partial charge in [-0.05, 0) is 66.6 Å². The van der Waals surface area contributed by atoms with Crippen LogP contribution in [0.25, 0.3) is 0 Å². The minimum Gasteiger partial charge on any atom is -0.497 e. The monoisotopic (exact) mass is 464 g/mol. The zero-order valence-electron chi connectivity index (χ0n) is 18.8. The number of methoxy groups -OCH3 is 1. The molecule has 34 heavy (non-hydrogen) atoms. The molecule has 0 radical (unpaired) electrons. The highest BCUT2D eigenvalue weighted by molar-refractivity contribution is 5.99. The number of fused-ring (bicyclic) bond motifs is 1. The van der Waals surface area contributed by atoms with E-state index in [0.717, 1.165) is 11.5 Å². The van der Waals surface area contributed by atoms with Crippen LogP contribution >= 0.6 is 0 Å². The van der Waals surface area contributed by atoms with Crippen LogP contribution in [0.4, 0.5) is 15.8 Å². The molecule has 0 spiro atoms. The Kier molecular flexibility index (Phi) is 7.27. The van der Waals surface area contributed by atoms with E-state index in [-0.39, 0.29) is 30.7 Å². The van der Waals surface area contributed by atoms with E-state index in [9.17, 15) is 14.0 Å². The normalized spacial score (nSPS) is 12.5. The molecule has 2 amide bonds. The summed E-state index contributed by atoms with van der Waals surface area (Å²) >= 11 is 0. The SMILES string of the molecule is COc1ccc(OCCCN2C(=O)COc3ccc(NC(=O)Cc4ccc(F)cc4)cc32)cc1. The van der Waals surface area contributed by atoms with Gasteiger partial charge >= 0.3 is 0 Å². The largest absolute Gasteiger partial charge is 0.497 e. The molecule has 0 aliphatic carbocycles. The Hall–Kier alpha value is -4.07. The lowest BCUT2D eigenvalue weighted by atomic mass is 10.1. The van der Waals surface area contributed by atoms with Gasteiger partial charge in [-0.15, -0.1) is 0 Å². The number of hydrogen-bond acceptors (Lipinski definition) is 5. The lowest BCUT2D eigenvalue weighted by molar-refractivity contribution is -0.121. The van der Waals surface area contributed by atoms with Gasteiger partial charge in [0, 0.05) is 12.2 Å². The predicted octanol–water partition coefficient (Wildman–Crippen LogP) is 4.21. The molecule has 0 atom stereocenters. The summed E-state index contributed by atoms with van der Waals surface area (Å²) in [6.45, 7) is 0.835. The average molecular weight is 464 g/mol. The number of halogens is 1. The zero-order chi connectivity index (χ0) is 23.9. The third-order valence-electron chi connectivity index (χ3n) is 5.32. The van der Waals surface area contributed by atoms with Crippen molar-refractivity contribution < 1.29 is 28.2 Å². The first-order valence-electron chi connectivity index (χ1n) is 10.9. The molecular weight excluding hydrogens is 439 g/mol. The molecule has 0 saturated heterocycles. The van der Waals surface area contributed by atoms with Crippen LogP contribution in [-0.2, 0) is 16.0 Å². The van der Waals surface area contributed by atoms with Crippen LogP contribution in [0, 0.1) is 5.82 Å². The van der Waals surface area contributed by atoms with E-state index < -0.39 is 0 Å². The molecule has 7 nitrogen and oxygen atoms in total. The molecule has 0 saturated carbocycles. The Morgan fingerprint density at radius 1 is 1.06 bits per heavy atom. The number of amides is 2. The Balaban J connectivity index is 1.36. The second kappa shape index (κ2) is 10.7. The van der Waals surface area contributed by atoms with E-state index >= 15 is 0 Å². The molecule has 1 aliphatic rings. The third-order valence-corrected chi connectivity index (χ3v) is 5.32. The van der Waals surface area contributed by atoms with Gasteiger partial charge < -0.3 is 24.4 Å². The van der Waals surface area contributed by atoms with Crippen molar-refractivity contribution in [1.29, 1.82) is 0 Å². The highest BCUT2D eigenvalue weighted by Crippen LogP contribution is 2.34. The lowest BCUT2D eigenvalue weighted by Crippen LogP contribution is -2.39. The van der Waals surface area contributed by atoms with E-state index in [2.05, 4.69) is 5.32 Å². The van der Waals surface area contributed by atoms with E-state index in [1.54, 1.807) is 42.3 Å². The molecule has 1 heterocycles. The zero-order valence-corrected chi connectivity index (χ0v) is 18.8. The van der Waals surface area contributed by atoms with Crippen LogP contribution in [-0.4, -0.2) is 38.7 Å². The van der Waals surface area contributed by atoms with Gasteiger partial charge in [0.2, 0.25) is 5.91 Å². The van der Waals surface area contributed by atoms with Crippen LogP contribution in [0.2, 0.25) is 0 Å². The van der Waals surface area contributed by atoms with Crippen molar-refractivity contribution in [2.45, 2.75) is 12.8 Å². The van der Waals surface area contributed by atoms with E-state index in [0.29, 0.717) is 42.3 Å². The molecule has 0 unspecified atom stereocenters. The second-order valence-corrected chi connectivity index (χ2v) is 7.75. The number of nitrogens with zero attached hydrogens (tertiary/aromatic N) is 1. The molecule has 4 rings (SSSR count). The summed E-state index contributed by atoms with van der Waals surface area (Å²) in [6, 6.07) is 18.3. The van der Waals surface area contributed by atoms with Crippen molar-refractivity contribution in [1.82, 2.24) is 0 Å². The number of rotatable bonds is 9. The number of benzene rings is 3. The average Bonchev–Trinajstić information content (AvgIpc) is 2.84. The minimum absolute atomic E-state index is 0.0391. The summed E-state index contributed by atoms with van der Waals surface area (Å²) in [5.74, 6) is 1.30. The van der Waals surface area contributed by atoms with Crippen molar-refractivity contribution in [2.75, 3.05) is 37.1 Å². The molecule has 3 aromatic rings. The molecular formula is C26H25FN2O5. The van der Waals surface area contributed by atoms with Gasteiger partial charge in [0.05, 0.1) is 25.8 Å². The van der Waals surface area contributed by atoms with Gasteiger partial charge in [-0.25, -0.2) is 4.39 Å². The predicted molar refractivity (Wildman–Crippen MR) is 126 cm³/mol. The number of carbonyl (C=O) groups is 2. The molecule has 3 aromatic carbocycles. The first-order chi connectivity index (χ1) is 16.5. The highest BCUT2D eigenvalue weighted by Gasteiger charge is 2.25. The molecule has 176 valence electrons. The molecule has 1 N–H and O–H groups in total. The maximum Gasteiger partial charge on any atom is 0.265 e. The molecule has 8 heteroatoms. The summed E-state index contributed by atoms with van der Waals surface area (Å²) in [4.78, 5) is 26.6. The van der Waals surface area contributed by atoms with Gasteiger partial charge in [-0.3, -0.25) is 9.59 Å². The number of nitrogens with one attached hydrogen (secondary N) is 1. The van der Waals surface area contributed by atoms with E-state index in [4.69, 9.17) is 14.2 Å². The van der Waals surface area contributed by atoms with E-state index in [1.165, 1.54) is 12.1 Å². The first-order valence-corrected chi connectivity index (χ1v) is 10.9. The fraction of sp³-hybridized carbons (Fsp3) is 0.231. The number of carbonyl (C=O) groups excluding carboxylic acids is 2. The summed E-state index contributed by atoms with van der Waals surface area (Å²) in [5.41, 5.74) is 1.85. The summed E-state index contributed by atoms with van der Waals surface area (Å²) in [5, 5.41) is 2.83. The molecule has 1 aliphatic heterocycles. The van der Waals surface area contributed by atoms with Crippen LogP contribution in [0.1, 0.15) is 12.0 Å². The Morgan fingerprint density at radius 2 is 1.79 bits per heavy atom. The summed E-state index contributed by atoms with van der Waals surface area (Å²) < 4.78 is 29.5. The summed E-state index contributed by atoms with van der Waals surface area (Å²) in [6.07, 6.45) is 0.720. The van der Waals surface area contributed by atoms with Crippen molar-refractivity contribution in [3.05, 3.63) is 78.1 Å². The fourth-order valence-corrected chi connectivity index (χ4v) is 3.60. The standard InChI is InChI=1S/C26H25FN2O5/c1-32-21-8-10-22(11-9-21)33-14-2-13-29-23-16-20(7-12-24(23)34-17-26(29)31)28-25(30)15-18-3-5-19(27)6-4-18/h3-12,16H,2,13-15,17H2,1H3,(H,28,30). The van der Waals surface area contributed by atoms with Gasteiger partial charge in [-0.2, -0.15) is 0 Å². The van der Waals surface area contributed by atoms with Crippen LogP contribution in [0.5, 0.6) is 17.2 Å². The van der Waals surface area contributed by atoms with Gasteiger partial charge in [-0.1, -0.05) is 12.1 Å². The van der Waals surface area contributed by atoms with Crippen molar-refractivity contribution in [2.24, 2.45) is 0 Å². The van der Waals surface area contributed by atoms with Crippen molar-refractivity contribution in [3.8, 4) is 17.2 Å². The molecule has 0 fully saturated rings. The first kappa shape index (κ1) is 23.1. The number of hydrogen-bond donors (Lipinski definition) is 1. The third kappa shape index (κ3) is 5.83. The second-order valence-electron chi connectivity index (χ2n) is 7.75. The number of anilines is 2. The van der Waals surface area contributed by atoms with Crippen LogP contribution in [0.3, 0.4) is 0 Å². The maximum absolute atomic E-state index is 13.1. The Morgan fingerprint density at radius 3 is 2.53 bits per heavy atom. The maximum atomic E-state index is 13.1. The summed E-state index contributed by atoms with van der Waals surface area (Å²) in [7, 11) is 1.61. The van der Waals surface area contributed by atoms with Crippen LogP contribution < -0.4 is 24.4 Å². The van der Waals surface area contributed by atoms with Crippen LogP contribution in [0.15, 0.2) is 66.7 Å². The van der Waals surface area contributed by atoms with Gasteiger partial charge in [0.1, 0.15) is 23.1 Å². The number of ether oxygens (including phenoxy) is 3. The quantitative estimate of drug-likeness (QED) is 0.480. The molecule has 0 bridgehead atoms. The van der Waals surface area contributed by atoms with Gasteiger partial charge in [0.15, 0.2) is 6.61 Å². The fourth-order valence-electron chi connectivity index (χ4n) is 3.60. The Bertz CT molecular complexity index is 1150. The van der Waals surface area contributed by atoms with Crippen molar-refractivity contribution >= 4 is 23.2 Å². The lowest BCUT2D eigenvalue weighted by Gasteiger charge is -2.30. The topological polar surface area (TPSA) is 77.1 Å². The van der Waals surface area contributed by atoms with Gasteiger partial charge in [0.25, 0.3) is 5.91 Å². The highest BCUT2D eigenvalue weighted by atomic mass is 19.1. The van der Waals surface area contributed by atoms with E-state index in [1.807, 2.05) is 24.3 Å². The Labute approximate surface area is 197 Å². The molecule has 0 aromatic heterocycles. The van der Waals surface area contributed by atoms with Crippen molar-refractivity contribution in [3.63, 3.8) is 0 Å². The smallest absolute Gasteiger partial charge is 0.265 e. The minimum atomic E-state index is -0.349.